The number of ether oxygens (including phenoxy) is 1. The van der Waals surface area contributed by atoms with E-state index in [1.807, 2.05) is 19.1 Å². The summed E-state index contributed by atoms with van der Waals surface area (Å²) in [4.78, 5) is 37.1. The van der Waals surface area contributed by atoms with Crippen LogP contribution in [0.1, 0.15) is 29.1 Å². The lowest BCUT2D eigenvalue weighted by atomic mass is 10.0. The molecule has 0 saturated carbocycles. The van der Waals surface area contributed by atoms with Gasteiger partial charge in [-0.15, -0.1) is 11.3 Å². The number of hydrogen-bond acceptors (Lipinski definition) is 5. The number of amides is 2. The Morgan fingerprint density at radius 3 is 2.56 bits per heavy atom. The predicted molar refractivity (Wildman–Crippen MR) is 109 cm³/mol. The van der Waals surface area contributed by atoms with Crippen LogP contribution in [0.5, 0.6) is 0 Å². The minimum Gasteiger partial charge on any atom is -0.454 e. The molecule has 1 unspecified atom stereocenters. The molecule has 1 atom stereocenters. The van der Waals surface area contributed by atoms with Crippen molar-refractivity contribution in [2.24, 2.45) is 5.92 Å². The summed E-state index contributed by atoms with van der Waals surface area (Å²) in [6, 6.07) is 8.10. The zero-order valence-electron chi connectivity index (χ0n) is 15.2. The summed E-state index contributed by atoms with van der Waals surface area (Å²) in [7, 11) is 0. The molecular formula is C19H21BrN2O4S. The Balaban J connectivity index is 1.91. The smallest absolute Gasteiger partial charge is 0.329 e. The van der Waals surface area contributed by atoms with Crippen molar-refractivity contribution in [2.75, 3.05) is 11.9 Å². The van der Waals surface area contributed by atoms with Gasteiger partial charge in [-0.1, -0.05) is 26.0 Å². The highest BCUT2D eigenvalue weighted by Gasteiger charge is 2.27. The number of benzene rings is 1. The van der Waals surface area contributed by atoms with Gasteiger partial charge in [0.05, 0.1) is 10.6 Å². The number of rotatable bonds is 7. The molecule has 0 bridgehead atoms. The van der Waals surface area contributed by atoms with Crippen molar-refractivity contribution in [2.45, 2.75) is 26.8 Å². The van der Waals surface area contributed by atoms with Crippen molar-refractivity contribution in [3.8, 4) is 0 Å². The van der Waals surface area contributed by atoms with E-state index in [4.69, 9.17) is 4.74 Å². The van der Waals surface area contributed by atoms with E-state index in [1.165, 1.54) is 11.3 Å². The van der Waals surface area contributed by atoms with Crippen LogP contribution >= 0.6 is 27.3 Å². The fourth-order valence-corrected chi connectivity index (χ4v) is 3.47. The number of anilines is 1. The molecule has 6 nitrogen and oxygen atoms in total. The van der Waals surface area contributed by atoms with Crippen molar-refractivity contribution in [1.82, 2.24) is 5.32 Å². The molecule has 0 fully saturated rings. The molecule has 2 amide bonds. The first-order valence-electron chi connectivity index (χ1n) is 8.35. The van der Waals surface area contributed by atoms with Gasteiger partial charge in [0.1, 0.15) is 6.04 Å². The number of hydrogen-bond donors (Lipinski definition) is 2. The van der Waals surface area contributed by atoms with E-state index in [1.54, 1.807) is 37.4 Å². The van der Waals surface area contributed by atoms with Gasteiger partial charge in [0.2, 0.25) is 0 Å². The molecule has 144 valence electrons. The Morgan fingerprint density at radius 2 is 1.96 bits per heavy atom. The normalized spacial score (nSPS) is 11.7. The second-order valence-electron chi connectivity index (χ2n) is 6.31. The lowest BCUT2D eigenvalue weighted by Crippen LogP contribution is -2.45. The third kappa shape index (κ3) is 6.18. The highest BCUT2D eigenvalue weighted by molar-refractivity contribution is 9.10. The van der Waals surface area contributed by atoms with Gasteiger partial charge in [0, 0.05) is 4.47 Å². The van der Waals surface area contributed by atoms with Crippen LogP contribution in [0.25, 0.3) is 0 Å². The maximum absolute atomic E-state index is 12.3. The van der Waals surface area contributed by atoms with E-state index in [-0.39, 0.29) is 11.8 Å². The van der Waals surface area contributed by atoms with Crippen LogP contribution in [0.4, 0.5) is 5.69 Å². The van der Waals surface area contributed by atoms with E-state index in [2.05, 4.69) is 26.6 Å². The number of halogens is 1. The second kappa shape index (κ2) is 9.66. The lowest BCUT2D eigenvalue weighted by Gasteiger charge is -2.20. The van der Waals surface area contributed by atoms with Crippen LogP contribution in [0, 0.1) is 12.8 Å². The standard InChI is InChI=1S/C19H21BrN2O4S/c1-11(2)17(22-18(24)15-5-4-8-27-15)19(25)26-10-16(23)21-14-7-6-12(3)9-13(14)20/h4-9,11,17H,10H2,1-3H3,(H,21,23)(H,22,24). The number of carbonyl (C=O) groups excluding carboxylic acids is 3. The van der Waals surface area contributed by atoms with Gasteiger partial charge in [0.25, 0.3) is 11.8 Å². The highest BCUT2D eigenvalue weighted by atomic mass is 79.9. The number of aryl methyl sites for hydroxylation is 1. The summed E-state index contributed by atoms with van der Waals surface area (Å²) in [5.74, 6) is -1.63. The zero-order chi connectivity index (χ0) is 20.0. The Labute approximate surface area is 170 Å². The first-order valence-corrected chi connectivity index (χ1v) is 10.0. The van der Waals surface area contributed by atoms with Gasteiger partial charge in [-0.25, -0.2) is 4.79 Å². The molecule has 1 heterocycles. The molecule has 1 aromatic carbocycles. The highest BCUT2D eigenvalue weighted by Crippen LogP contribution is 2.23. The molecule has 2 rings (SSSR count). The van der Waals surface area contributed by atoms with Gasteiger partial charge < -0.3 is 15.4 Å². The molecule has 0 aliphatic carbocycles. The number of nitrogens with one attached hydrogen (secondary N) is 2. The minimum atomic E-state index is -0.835. The molecule has 1 aromatic heterocycles. The van der Waals surface area contributed by atoms with E-state index < -0.39 is 24.5 Å². The second-order valence-corrected chi connectivity index (χ2v) is 8.11. The zero-order valence-corrected chi connectivity index (χ0v) is 17.6. The van der Waals surface area contributed by atoms with E-state index >= 15 is 0 Å². The molecule has 0 spiro atoms. The first-order chi connectivity index (χ1) is 12.8. The third-order valence-electron chi connectivity index (χ3n) is 3.70. The molecular weight excluding hydrogens is 432 g/mol. The van der Waals surface area contributed by atoms with Crippen LogP contribution in [-0.4, -0.2) is 30.4 Å². The van der Waals surface area contributed by atoms with Crippen LogP contribution in [0.3, 0.4) is 0 Å². The maximum atomic E-state index is 12.3. The summed E-state index contributed by atoms with van der Waals surface area (Å²) in [6.07, 6.45) is 0. The molecule has 0 aliphatic rings. The van der Waals surface area contributed by atoms with Gasteiger partial charge in [-0.05, 0) is 57.9 Å². The monoisotopic (exact) mass is 452 g/mol. The number of thiophene rings is 1. The van der Waals surface area contributed by atoms with Crippen LogP contribution in [0.15, 0.2) is 40.2 Å². The Kier molecular flexibility index (Phi) is 7.55. The predicted octanol–water partition coefficient (Wildman–Crippen LogP) is 3.76. The van der Waals surface area contributed by atoms with Crippen molar-refractivity contribution < 1.29 is 19.1 Å². The number of esters is 1. The summed E-state index contributed by atoms with van der Waals surface area (Å²) >= 11 is 4.66. The summed E-state index contributed by atoms with van der Waals surface area (Å²) < 4.78 is 5.84. The SMILES string of the molecule is Cc1ccc(NC(=O)COC(=O)C(NC(=O)c2cccs2)C(C)C)c(Br)c1. The minimum absolute atomic E-state index is 0.185. The quantitative estimate of drug-likeness (QED) is 0.626. The van der Waals surface area contributed by atoms with E-state index in [0.29, 0.717) is 10.6 Å². The van der Waals surface area contributed by atoms with Gasteiger partial charge >= 0.3 is 5.97 Å². The topological polar surface area (TPSA) is 84.5 Å². The first kappa shape index (κ1) is 21.1. The van der Waals surface area contributed by atoms with Gasteiger partial charge in [-0.2, -0.15) is 0 Å². The Hall–Kier alpha value is -2.19. The van der Waals surface area contributed by atoms with Gasteiger partial charge in [0.15, 0.2) is 6.61 Å². The summed E-state index contributed by atoms with van der Waals surface area (Å²) in [6.45, 7) is 5.10. The van der Waals surface area contributed by atoms with Crippen LogP contribution in [0.2, 0.25) is 0 Å². The molecule has 2 aromatic rings. The molecule has 0 radical (unpaired) electrons. The van der Waals surface area contributed by atoms with E-state index in [0.717, 1.165) is 10.0 Å². The van der Waals surface area contributed by atoms with Crippen molar-refractivity contribution in [1.29, 1.82) is 0 Å². The molecule has 0 saturated heterocycles. The lowest BCUT2D eigenvalue weighted by molar-refractivity contribution is -0.150. The van der Waals surface area contributed by atoms with Crippen molar-refractivity contribution >= 4 is 50.7 Å². The Bertz CT molecular complexity index is 821. The number of carbonyl (C=O) groups is 3. The van der Waals surface area contributed by atoms with Crippen molar-refractivity contribution in [3.05, 3.63) is 50.6 Å². The van der Waals surface area contributed by atoms with Gasteiger partial charge in [-0.3, -0.25) is 9.59 Å². The third-order valence-corrected chi connectivity index (χ3v) is 5.22. The molecule has 8 heteroatoms. The van der Waals surface area contributed by atoms with Crippen LogP contribution < -0.4 is 10.6 Å². The summed E-state index contributed by atoms with van der Waals surface area (Å²) in [5.41, 5.74) is 1.64. The fourth-order valence-electron chi connectivity index (χ4n) is 2.25. The largest absolute Gasteiger partial charge is 0.454 e. The maximum Gasteiger partial charge on any atom is 0.329 e. The average molecular weight is 453 g/mol. The van der Waals surface area contributed by atoms with E-state index in [9.17, 15) is 14.4 Å². The molecule has 0 aliphatic heterocycles. The average Bonchev–Trinajstić information content (AvgIpc) is 3.14. The molecule has 27 heavy (non-hydrogen) atoms. The fraction of sp³-hybridized carbons (Fsp3) is 0.316. The van der Waals surface area contributed by atoms with Crippen molar-refractivity contribution in [3.63, 3.8) is 0 Å². The van der Waals surface area contributed by atoms with Crippen LogP contribution in [-0.2, 0) is 14.3 Å². The molecule has 2 N–H and O–H groups in total. The Morgan fingerprint density at radius 1 is 1.22 bits per heavy atom. The summed E-state index contributed by atoms with van der Waals surface area (Å²) in [5, 5.41) is 7.12.